The van der Waals surface area contributed by atoms with Crippen molar-refractivity contribution in [3.05, 3.63) is 100 Å². The first-order chi connectivity index (χ1) is 18.9. The summed E-state index contributed by atoms with van der Waals surface area (Å²) in [5, 5.41) is 9.80. The topological polar surface area (TPSA) is 82.8 Å². The van der Waals surface area contributed by atoms with Gasteiger partial charge in [-0.05, 0) is 55.0 Å². The second kappa shape index (κ2) is 11.9. The third-order valence-electron chi connectivity index (χ3n) is 6.86. The number of amides is 2. The molecule has 0 N–H and O–H groups in total. The highest BCUT2D eigenvalue weighted by atomic mass is 35.5. The third-order valence-corrected chi connectivity index (χ3v) is 7.41. The maximum atomic E-state index is 13.4. The Morgan fingerprint density at radius 2 is 1.72 bits per heavy atom. The summed E-state index contributed by atoms with van der Waals surface area (Å²) in [5.41, 5.74) is 2.36. The fraction of sp³-hybridized carbons (Fsp3) is 0.241. The minimum atomic E-state index is -0.320. The molecule has 39 heavy (non-hydrogen) atoms. The summed E-state index contributed by atoms with van der Waals surface area (Å²) in [4.78, 5) is 32.1. The van der Waals surface area contributed by atoms with Gasteiger partial charge >= 0.3 is 0 Å². The quantitative estimate of drug-likeness (QED) is 0.291. The molecule has 2 aromatic carbocycles. The number of piperazine rings is 1. The number of rotatable bonds is 7. The molecule has 1 atom stereocenters. The first-order valence-electron chi connectivity index (χ1n) is 12.6. The van der Waals surface area contributed by atoms with Crippen LogP contribution in [0.2, 0.25) is 10.0 Å². The van der Waals surface area contributed by atoms with Crippen LogP contribution in [0.3, 0.4) is 0 Å². The molecule has 0 saturated carbocycles. The van der Waals surface area contributed by atoms with Crippen molar-refractivity contribution in [1.29, 1.82) is 0 Å². The van der Waals surface area contributed by atoms with Crippen LogP contribution in [0.5, 0.6) is 0 Å². The van der Waals surface area contributed by atoms with Crippen molar-refractivity contribution in [2.75, 3.05) is 37.6 Å². The standard InChI is InChI=1S/C29H27Cl2N5O3/c1-20(21-6-3-2-4-7-21)36(29(38)26-8-5-17-39-26)19-28(37)35-15-13-34(14-16-35)27-12-11-25(32-33-27)23-10-9-22(30)18-24(23)31/h2-12,17-18,20H,13-16,19H2,1H3. The fourth-order valence-electron chi connectivity index (χ4n) is 4.60. The van der Waals surface area contributed by atoms with Crippen LogP contribution < -0.4 is 4.90 Å². The van der Waals surface area contributed by atoms with E-state index < -0.39 is 0 Å². The molecule has 8 nitrogen and oxygen atoms in total. The molecule has 1 unspecified atom stereocenters. The summed E-state index contributed by atoms with van der Waals surface area (Å²) in [5.74, 6) is 0.496. The summed E-state index contributed by atoms with van der Waals surface area (Å²) >= 11 is 12.3. The fourth-order valence-corrected chi connectivity index (χ4v) is 5.11. The molecule has 1 saturated heterocycles. The van der Waals surface area contributed by atoms with Gasteiger partial charge in [0.05, 0.1) is 23.0 Å². The second-order valence-electron chi connectivity index (χ2n) is 9.27. The summed E-state index contributed by atoms with van der Waals surface area (Å²) in [6, 6.07) is 21.7. The molecule has 3 heterocycles. The van der Waals surface area contributed by atoms with Crippen molar-refractivity contribution >= 4 is 40.8 Å². The van der Waals surface area contributed by atoms with Crippen LogP contribution in [0.25, 0.3) is 11.3 Å². The lowest BCUT2D eigenvalue weighted by Gasteiger charge is -2.37. The molecule has 1 aliphatic rings. The van der Waals surface area contributed by atoms with Crippen LogP contribution in [0, 0.1) is 0 Å². The summed E-state index contributed by atoms with van der Waals surface area (Å²) in [6.07, 6.45) is 1.46. The molecular formula is C29H27Cl2N5O3. The van der Waals surface area contributed by atoms with Gasteiger partial charge in [0.2, 0.25) is 5.91 Å². The van der Waals surface area contributed by atoms with Crippen molar-refractivity contribution < 1.29 is 14.0 Å². The van der Waals surface area contributed by atoms with Gasteiger partial charge in [0.15, 0.2) is 11.6 Å². The molecule has 0 aliphatic carbocycles. The van der Waals surface area contributed by atoms with Crippen LogP contribution >= 0.6 is 23.2 Å². The molecule has 200 valence electrons. The lowest BCUT2D eigenvalue weighted by atomic mass is 10.1. The Morgan fingerprint density at radius 1 is 0.949 bits per heavy atom. The number of carbonyl (C=O) groups excluding carboxylic acids is 2. The Morgan fingerprint density at radius 3 is 2.36 bits per heavy atom. The average molecular weight is 564 g/mol. The molecule has 4 aromatic rings. The molecule has 0 spiro atoms. The summed E-state index contributed by atoms with van der Waals surface area (Å²) in [7, 11) is 0. The van der Waals surface area contributed by atoms with Crippen LogP contribution in [0.15, 0.2) is 83.5 Å². The third kappa shape index (κ3) is 6.08. The molecule has 0 bridgehead atoms. The highest BCUT2D eigenvalue weighted by Gasteiger charge is 2.30. The Kier molecular flexibility index (Phi) is 8.14. The maximum Gasteiger partial charge on any atom is 0.290 e. The van der Waals surface area contributed by atoms with E-state index in [-0.39, 0.29) is 30.2 Å². The zero-order chi connectivity index (χ0) is 27.4. The van der Waals surface area contributed by atoms with E-state index in [9.17, 15) is 9.59 Å². The van der Waals surface area contributed by atoms with Gasteiger partial charge < -0.3 is 19.1 Å². The van der Waals surface area contributed by atoms with E-state index in [0.29, 0.717) is 41.9 Å². The van der Waals surface area contributed by atoms with Crippen molar-refractivity contribution in [2.45, 2.75) is 13.0 Å². The normalized spacial score (nSPS) is 14.2. The number of aromatic nitrogens is 2. The Labute approximate surface area is 236 Å². The van der Waals surface area contributed by atoms with E-state index in [1.165, 1.54) is 6.26 Å². The van der Waals surface area contributed by atoms with Gasteiger partial charge in [-0.2, -0.15) is 0 Å². The Hall–Kier alpha value is -3.88. The smallest absolute Gasteiger partial charge is 0.290 e. The number of furan rings is 1. The summed E-state index contributed by atoms with van der Waals surface area (Å²) in [6.45, 7) is 4.08. The molecular weight excluding hydrogens is 537 g/mol. The maximum absolute atomic E-state index is 13.4. The minimum Gasteiger partial charge on any atom is -0.459 e. The summed E-state index contributed by atoms with van der Waals surface area (Å²) < 4.78 is 5.35. The molecule has 0 radical (unpaired) electrons. The average Bonchev–Trinajstić information content (AvgIpc) is 3.51. The number of carbonyl (C=O) groups is 2. The van der Waals surface area contributed by atoms with E-state index in [4.69, 9.17) is 27.6 Å². The molecule has 2 amide bonds. The lowest BCUT2D eigenvalue weighted by Crippen LogP contribution is -2.52. The zero-order valence-electron chi connectivity index (χ0n) is 21.3. The van der Waals surface area contributed by atoms with E-state index in [1.54, 1.807) is 34.1 Å². The number of anilines is 1. The lowest BCUT2D eigenvalue weighted by molar-refractivity contribution is -0.132. The second-order valence-corrected chi connectivity index (χ2v) is 10.1. The predicted octanol–water partition coefficient (Wildman–Crippen LogP) is 5.60. The van der Waals surface area contributed by atoms with Crippen molar-refractivity contribution in [2.24, 2.45) is 0 Å². The number of hydrogen-bond acceptors (Lipinski definition) is 6. The van der Waals surface area contributed by atoms with Crippen LogP contribution in [-0.4, -0.2) is 64.5 Å². The van der Waals surface area contributed by atoms with Gasteiger partial charge in [-0.1, -0.05) is 53.5 Å². The molecule has 10 heteroatoms. The van der Waals surface area contributed by atoms with Crippen molar-refractivity contribution in [1.82, 2.24) is 20.0 Å². The first-order valence-corrected chi connectivity index (χ1v) is 13.4. The number of hydrogen-bond donors (Lipinski definition) is 0. The SMILES string of the molecule is CC(c1ccccc1)N(CC(=O)N1CCN(c2ccc(-c3ccc(Cl)cc3Cl)nn2)CC1)C(=O)c1ccco1. The van der Waals surface area contributed by atoms with Crippen LogP contribution in [-0.2, 0) is 4.79 Å². The van der Waals surface area contributed by atoms with Gasteiger partial charge in [-0.3, -0.25) is 9.59 Å². The number of nitrogens with zero attached hydrogens (tertiary/aromatic N) is 5. The molecule has 1 aliphatic heterocycles. The molecule has 1 fully saturated rings. The van der Waals surface area contributed by atoms with Gasteiger partial charge in [0, 0.05) is 36.8 Å². The first kappa shape index (κ1) is 26.7. The van der Waals surface area contributed by atoms with Gasteiger partial charge in [-0.25, -0.2) is 0 Å². The van der Waals surface area contributed by atoms with E-state index >= 15 is 0 Å². The van der Waals surface area contributed by atoms with E-state index in [1.807, 2.05) is 55.5 Å². The highest BCUT2D eigenvalue weighted by Crippen LogP contribution is 2.29. The monoisotopic (exact) mass is 563 g/mol. The predicted molar refractivity (Wildman–Crippen MR) is 151 cm³/mol. The van der Waals surface area contributed by atoms with E-state index in [2.05, 4.69) is 15.1 Å². The largest absolute Gasteiger partial charge is 0.459 e. The van der Waals surface area contributed by atoms with Gasteiger partial charge in [0.1, 0.15) is 6.54 Å². The Balaban J connectivity index is 1.23. The molecule has 2 aromatic heterocycles. The van der Waals surface area contributed by atoms with Gasteiger partial charge in [0.25, 0.3) is 5.91 Å². The number of benzene rings is 2. The minimum absolute atomic E-state index is 0.0497. The van der Waals surface area contributed by atoms with Crippen LogP contribution in [0.1, 0.15) is 29.1 Å². The zero-order valence-corrected chi connectivity index (χ0v) is 22.8. The highest BCUT2D eigenvalue weighted by molar-refractivity contribution is 6.36. The van der Waals surface area contributed by atoms with Crippen LogP contribution in [0.4, 0.5) is 5.82 Å². The number of halogens is 2. The van der Waals surface area contributed by atoms with Crippen molar-refractivity contribution in [3.63, 3.8) is 0 Å². The van der Waals surface area contributed by atoms with Gasteiger partial charge in [-0.15, -0.1) is 10.2 Å². The molecule has 5 rings (SSSR count). The van der Waals surface area contributed by atoms with Crippen molar-refractivity contribution in [3.8, 4) is 11.3 Å². The van der Waals surface area contributed by atoms with E-state index in [0.717, 1.165) is 16.9 Å². The Bertz CT molecular complexity index is 1420.